The van der Waals surface area contributed by atoms with Crippen LogP contribution in [-0.4, -0.2) is 44.8 Å². The van der Waals surface area contributed by atoms with Crippen molar-refractivity contribution in [1.29, 1.82) is 0 Å². The van der Waals surface area contributed by atoms with E-state index in [9.17, 15) is 18.0 Å². The van der Waals surface area contributed by atoms with Crippen LogP contribution in [0.2, 0.25) is 15.1 Å². The molecular formula is C27H28Cl3N3O4S. The van der Waals surface area contributed by atoms with Crippen LogP contribution >= 0.6 is 34.8 Å². The van der Waals surface area contributed by atoms with Crippen LogP contribution in [0.5, 0.6) is 0 Å². The zero-order chi connectivity index (χ0) is 28.0. The van der Waals surface area contributed by atoms with Gasteiger partial charge in [-0.3, -0.25) is 13.9 Å². The molecule has 0 bridgehead atoms. The first kappa shape index (κ1) is 29.8. The van der Waals surface area contributed by atoms with Crippen LogP contribution in [0.25, 0.3) is 0 Å². The molecule has 202 valence electrons. The lowest BCUT2D eigenvalue weighted by Crippen LogP contribution is -2.51. The van der Waals surface area contributed by atoms with Crippen LogP contribution in [0.4, 0.5) is 5.69 Å². The Kier molecular flexibility index (Phi) is 10.1. The highest BCUT2D eigenvalue weighted by atomic mass is 35.5. The van der Waals surface area contributed by atoms with Crippen LogP contribution in [0.1, 0.15) is 24.5 Å². The number of benzene rings is 3. The van der Waals surface area contributed by atoms with Gasteiger partial charge in [0.1, 0.15) is 12.6 Å². The SMILES string of the molecule is CC[C@@H](C(=O)NC)N(Cc1ccccc1Cl)C(=O)CN(c1cc(Cl)ccc1Cl)S(=O)(=O)c1ccc(C)cc1. The molecule has 3 rings (SSSR count). The molecule has 0 fully saturated rings. The molecule has 0 spiro atoms. The van der Waals surface area contributed by atoms with Gasteiger partial charge >= 0.3 is 0 Å². The Morgan fingerprint density at radius 2 is 1.61 bits per heavy atom. The maximum atomic E-state index is 13.9. The number of likely N-dealkylation sites (N-methyl/N-ethyl adjacent to an activating group) is 1. The fourth-order valence-corrected chi connectivity index (χ4v) is 5.98. The minimum absolute atomic E-state index is 0.00781. The Hall–Kier alpha value is -2.78. The second kappa shape index (κ2) is 12.8. The second-order valence-electron chi connectivity index (χ2n) is 8.57. The second-order valence-corrected chi connectivity index (χ2v) is 11.7. The molecule has 0 saturated heterocycles. The predicted octanol–water partition coefficient (Wildman–Crippen LogP) is 5.70. The van der Waals surface area contributed by atoms with Crippen LogP contribution in [-0.2, 0) is 26.2 Å². The molecule has 3 aromatic rings. The van der Waals surface area contributed by atoms with E-state index in [1.807, 2.05) is 6.92 Å². The Labute approximate surface area is 238 Å². The molecule has 1 atom stereocenters. The standard InChI is InChI=1S/C27H28Cl3N3O4S/c1-4-24(27(35)31-3)32(16-19-7-5-6-8-22(19)29)26(34)17-33(25-15-20(28)11-14-23(25)30)38(36,37)21-12-9-18(2)10-13-21/h5-15,24H,4,16-17H2,1-3H3,(H,31,35)/t24-/m0/s1. The van der Waals surface area contributed by atoms with Gasteiger partial charge in [-0.1, -0.05) is 77.6 Å². The van der Waals surface area contributed by atoms with E-state index in [0.29, 0.717) is 17.0 Å². The highest BCUT2D eigenvalue weighted by Gasteiger charge is 2.34. The zero-order valence-electron chi connectivity index (χ0n) is 21.1. The monoisotopic (exact) mass is 595 g/mol. The van der Waals surface area contributed by atoms with Gasteiger partial charge in [-0.15, -0.1) is 0 Å². The van der Waals surface area contributed by atoms with Crippen molar-refractivity contribution >= 4 is 62.3 Å². The first-order chi connectivity index (χ1) is 18.0. The molecule has 0 aliphatic carbocycles. The van der Waals surface area contributed by atoms with E-state index in [4.69, 9.17) is 34.8 Å². The summed E-state index contributed by atoms with van der Waals surface area (Å²) < 4.78 is 28.6. The Morgan fingerprint density at radius 1 is 0.947 bits per heavy atom. The maximum Gasteiger partial charge on any atom is 0.264 e. The summed E-state index contributed by atoms with van der Waals surface area (Å²) in [6, 6.07) is 16.7. The number of halogens is 3. The maximum absolute atomic E-state index is 13.9. The highest BCUT2D eigenvalue weighted by molar-refractivity contribution is 7.92. The van der Waals surface area contributed by atoms with Gasteiger partial charge in [-0.2, -0.15) is 0 Å². The van der Waals surface area contributed by atoms with Crippen molar-refractivity contribution in [2.75, 3.05) is 17.9 Å². The number of aryl methyl sites for hydroxylation is 1. The number of amides is 2. The van der Waals surface area contributed by atoms with Gasteiger partial charge in [-0.05, 0) is 55.3 Å². The summed E-state index contributed by atoms with van der Waals surface area (Å²) in [5.74, 6) is -1.01. The predicted molar refractivity (Wildman–Crippen MR) is 152 cm³/mol. The smallest absolute Gasteiger partial charge is 0.264 e. The highest BCUT2D eigenvalue weighted by Crippen LogP contribution is 2.33. The van der Waals surface area contributed by atoms with Gasteiger partial charge in [-0.25, -0.2) is 8.42 Å². The van der Waals surface area contributed by atoms with E-state index < -0.39 is 28.5 Å². The third-order valence-corrected chi connectivity index (χ3v) is 8.69. The quantitative estimate of drug-likeness (QED) is 0.325. The lowest BCUT2D eigenvalue weighted by atomic mass is 10.1. The summed E-state index contributed by atoms with van der Waals surface area (Å²) in [5.41, 5.74) is 1.52. The molecule has 11 heteroatoms. The lowest BCUT2D eigenvalue weighted by molar-refractivity contribution is -0.140. The van der Waals surface area contributed by atoms with Crippen molar-refractivity contribution in [3.8, 4) is 0 Å². The van der Waals surface area contributed by atoms with Gasteiger partial charge in [0, 0.05) is 23.6 Å². The normalized spacial score (nSPS) is 12.1. The third kappa shape index (κ3) is 6.80. The Balaban J connectivity index is 2.12. The molecule has 0 radical (unpaired) electrons. The van der Waals surface area contributed by atoms with Gasteiger partial charge in [0.15, 0.2) is 0 Å². The van der Waals surface area contributed by atoms with Gasteiger partial charge in [0.25, 0.3) is 10.0 Å². The summed E-state index contributed by atoms with van der Waals surface area (Å²) in [4.78, 5) is 28.0. The summed E-state index contributed by atoms with van der Waals surface area (Å²) in [5, 5.41) is 3.33. The van der Waals surface area contributed by atoms with E-state index >= 15 is 0 Å². The van der Waals surface area contributed by atoms with Gasteiger partial charge in [0.2, 0.25) is 11.8 Å². The number of nitrogens with one attached hydrogen (secondary N) is 1. The molecular weight excluding hydrogens is 569 g/mol. The minimum atomic E-state index is -4.26. The molecule has 2 amide bonds. The van der Waals surface area contributed by atoms with Crippen LogP contribution in [0, 0.1) is 6.92 Å². The molecule has 1 N–H and O–H groups in total. The molecule has 0 aliphatic heterocycles. The van der Waals surface area contributed by atoms with Crippen molar-refractivity contribution in [2.24, 2.45) is 0 Å². The Bertz CT molecular complexity index is 1420. The topological polar surface area (TPSA) is 86.8 Å². The molecule has 0 unspecified atom stereocenters. The van der Waals surface area contributed by atoms with Gasteiger partial charge in [0.05, 0.1) is 15.6 Å². The van der Waals surface area contributed by atoms with E-state index in [1.54, 1.807) is 43.3 Å². The number of sulfonamides is 1. The van der Waals surface area contributed by atoms with Crippen molar-refractivity contribution in [2.45, 2.75) is 37.8 Å². The lowest BCUT2D eigenvalue weighted by Gasteiger charge is -2.33. The van der Waals surface area contributed by atoms with E-state index in [-0.39, 0.29) is 33.1 Å². The van der Waals surface area contributed by atoms with E-state index in [0.717, 1.165) is 9.87 Å². The molecule has 0 aliphatic rings. The number of hydrogen-bond acceptors (Lipinski definition) is 4. The van der Waals surface area contributed by atoms with Crippen LogP contribution in [0.15, 0.2) is 71.6 Å². The average molecular weight is 597 g/mol. The number of anilines is 1. The number of hydrogen-bond donors (Lipinski definition) is 1. The minimum Gasteiger partial charge on any atom is -0.357 e. The Morgan fingerprint density at radius 3 is 2.21 bits per heavy atom. The number of nitrogens with zero attached hydrogens (tertiary/aromatic N) is 2. The molecule has 0 aromatic heterocycles. The van der Waals surface area contributed by atoms with Crippen molar-refractivity contribution in [3.05, 3.63) is 92.9 Å². The number of carbonyl (C=O) groups is 2. The average Bonchev–Trinajstić information content (AvgIpc) is 2.89. The zero-order valence-corrected chi connectivity index (χ0v) is 24.2. The van der Waals surface area contributed by atoms with Crippen LogP contribution < -0.4 is 9.62 Å². The fourth-order valence-electron chi connectivity index (χ4n) is 3.92. The largest absolute Gasteiger partial charge is 0.357 e. The number of carbonyl (C=O) groups excluding carboxylic acids is 2. The first-order valence-electron chi connectivity index (χ1n) is 11.8. The molecule has 0 saturated carbocycles. The van der Waals surface area contributed by atoms with Crippen molar-refractivity contribution < 1.29 is 18.0 Å². The number of rotatable bonds is 10. The molecule has 38 heavy (non-hydrogen) atoms. The summed E-state index contributed by atoms with van der Waals surface area (Å²) >= 11 is 19.0. The summed E-state index contributed by atoms with van der Waals surface area (Å²) in [6.07, 6.45) is 0.290. The summed E-state index contributed by atoms with van der Waals surface area (Å²) in [6.45, 7) is 2.96. The fraction of sp³-hybridized carbons (Fsp3) is 0.259. The first-order valence-corrected chi connectivity index (χ1v) is 14.4. The molecule has 0 heterocycles. The third-order valence-electron chi connectivity index (χ3n) is 6.00. The van der Waals surface area contributed by atoms with Crippen LogP contribution in [0.3, 0.4) is 0 Å². The van der Waals surface area contributed by atoms with Gasteiger partial charge < -0.3 is 10.2 Å². The summed E-state index contributed by atoms with van der Waals surface area (Å²) in [7, 11) is -2.79. The van der Waals surface area contributed by atoms with E-state index in [2.05, 4.69) is 5.32 Å². The molecule has 7 nitrogen and oxygen atoms in total. The van der Waals surface area contributed by atoms with Crippen molar-refractivity contribution in [3.63, 3.8) is 0 Å². The van der Waals surface area contributed by atoms with Crippen molar-refractivity contribution in [1.82, 2.24) is 10.2 Å². The van der Waals surface area contributed by atoms with E-state index in [1.165, 1.54) is 42.3 Å². The molecule has 3 aromatic carbocycles.